The summed E-state index contributed by atoms with van der Waals surface area (Å²) in [7, 11) is 0. The van der Waals surface area contributed by atoms with Crippen LogP contribution in [0.25, 0.3) is 5.52 Å². The second kappa shape index (κ2) is 5.14. The van der Waals surface area contributed by atoms with E-state index in [0.29, 0.717) is 6.04 Å². The average Bonchev–Trinajstić information content (AvgIpc) is 3.02. The molecule has 110 valence electrons. The van der Waals surface area contributed by atoms with E-state index in [1.165, 1.54) is 19.5 Å². The summed E-state index contributed by atoms with van der Waals surface area (Å²) in [5.41, 5.74) is 1.80. The number of piperidine rings is 1. The normalized spacial score (nSPS) is 28.0. The van der Waals surface area contributed by atoms with Crippen LogP contribution < -0.4 is 5.32 Å². The van der Waals surface area contributed by atoms with Crippen molar-refractivity contribution in [1.29, 1.82) is 0 Å². The van der Waals surface area contributed by atoms with Gasteiger partial charge in [0.1, 0.15) is 0 Å². The van der Waals surface area contributed by atoms with E-state index in [0.717, 1.165) is 34.4 Å². The van der Waals surface area contributed by atoms with Gasteiger partial charge in [-0.1, -0.05) is 0 Å². The average molecular weight is 348 g/mol. The molecule has 1 amide bonds. The quantitative estimate of drug-likeness (QED) is 0.906. The van der Waals surface area contributed by atoms with Gasteiger partial charge in [0.15, 0.2) is 0 Å². The van der Waals surface area contributed by atoms with Crippen molar-refractivity contribution >= 4 is 27.4 Å². The summed E-state index contributed by atoms with van der Waals surface area (Å²) in [5.74, 6) is 0.807. The molecule has 0 radical (unpaired) electrons. The lowest BCUT2D eigenvalue weighted by molar-refractivity contribution is 0.0909. The third-order valence-electron chi connectivity index (χ3n) is 4.67. The third-order valence-corrected chi connectivity index (χ3v) is 5.34. The fraction of sp³-hybridized carbons (Fsp3) is 0.438. The monoisotopic (exact) mass is 347 g/mol. The molecule has 2 aliphatic rings. The van der Waals surface area contributed by atoms with Crippen molar-refractivity contribution in [2.45, 2.75) is 18.9 Å². The summed E-state index contributed by atoms with van der Waals surface area (Å²) < 4.78 is 3.03. The number of carbonyl (C=O) groups is 1. The van der Waals surface area contributed by atoms with Gasteiger partial charge in [-0.05, 0) is 59.4 Å². The van der Waals surface area contributed by atoms with Gasteiger partial charge >= 0.3 is 0 Å². The topological polar surface area (TPSA) is 36.8 Å². The standard InChI is InChI=1S/C16H18BrN3O/c17-14-4-6-20-9-12(1-2-15(14)20)16(21)18-13-7-11-3-5-19(8-11)10-13/h1-2,4,6,9,11,13H,3,5,7-8,10H2,(H,18,21). The summed E-state index contributed by atoms with van der Waals surface area (Å²) in [6.45, 7) is 3.41. The molecule has 2 bridgehead atoms. The molecule has 2 aliphatic heterocycles. The van der Waals surface area contributed by atoms with E-state index in [9.17, 15) is 4.79 Å². The maximum Gasteiger partial charge on any atom is 0.253 e. The number of amides is 1. The number of aromatic nitrogens is 1. The molecule has 1 N–H and O–H groups in total. The zero-order valence-corrected chi connectivity index (χ0v) is 13.3. The lowest BCUT2D eigenvalue weighted by atomic mass is 9.96. The Kier molecular flexibility index (Phi) is 3.27. The number of carbonyl (C=O) groups excluding carboxylic acids is 1. The Balaban J connectivity index is 1.50. The van der Waals surface area contributed by atoms with Gasteiger partial charge in [0.05, 0.1) is 11.1 Å². The molecule has 0 spiro atoms. The first-order valence-electron chi connectivity index (χ1n) is 7.48. The van der Waals surface area contributed by atoms with Gasteiger partial charge in [0.25, 0.3) is 5.91 Å². The molecule has 2 saturated heterocycles. The molecule has 4 heterocycles. The number of hydrogen-bond acceptors (Lipinski definition) is 2. The maximum absolute atomic E-state index is 12.4. The number of rotatable bonds is 2. The Hall–Kier alpha value is -1.33. The van der Waals surface area contributed by atoms with Crippen molar-refractivity contribution in [1.82, 2.24) is 14.6 Å². The van der Waals surface area contributed by atoms with Crippen LogP contribution in [0.15, 0.2) is 35.1 Å². The molecule has 4 nitrogen and oxygen atoms in total. The lowest BCUT2D eigenvalue weighted by Gasteiger charge is -2.30. The highest BCUT2D eigenvalue weighted by Gasteiger charge is 2.32. The second-order valence-electron chi connectivity index (χ2n) is 6.19. The van der Waals surface area contributed by atoms with E-state index < -0.39 is 0 Å². The van der Waals surface area contributed by atoms with Crippen molar-refractivity contribution in [3.8, 4) is 0 Å². The Bertz CT molecular complexity index is 684. The van der Waals surface area contributed by atoms with Crippen molar-refractivity contribution in [3.63, 3.8) is 0 Å². The molecule has 2 aromatic heterocycles. The van der Waals surface area contributed by atoms with Crippen LogP contribution in [0, 0.1) is 5.92 Å². The fourth-order valence-electron chi connectivity index (χ4n) is 3.64. The Morgan fingerprint density at radius 1 is 1.29 bits per heavy atom. The summed E-state index contributed by atoms with van der Waals surface area (Å²) in [6, 6.07) is 6.16. The first-order valence-corrected chi connectivity index (χ1v) is 8.28. The zero-order chi connectivity index (χ0) is 14.4. The Morgan fingerprint density at radius 3 is 3.05 bits per heavy atom. The van der Waals surface area contributed by atoms with E-state index >= 15 is 0 Å². The lowest BCUT2D eigenvalue weighted by Crippen LogP contribution is -2.47. The largest absolute Gasteiger partial charge is 0.348 e. The van der Waals surface area contributed by atoms with E-state index in [1.807, 2.05) is 35.0 Å². The van der Waals surface area contributed by atoms with Crippen molar-refractivity contribution < 1.29 is 4.79 Å². The SMILES string of the molecule is O=C(NC1CC2CCN(C2)C1)c1ccc2c(Br)ccn2c1. The van der Waals surface area contributed by atoms with Gasteiger partial charge in [-0.2, -0.15) is 0 Å². The smallest absolute Gasteiger partial charge is 0.253 e. The minimum absolute atomic E-state index is 0.0363. The predicted molar refractivity (Wildman–Crippen MR) is 85.5 cm³/mol. The molecule has 2 aromatic rings. The maximum atomic E-state index is 12.4. The number of nitrogens with zero attached hydrogens (tertiary/aromatic N) is 2. The summed E-state index contributed by atoms with van der Waals surface area (Å²) >= 11 is 3.50. The molecule has 3 unspecified atom stereocenters. The Morgan fingerprint density at radius 2 is 2.19 bits per heavy atom. The predicted octanol–water partition coefficient (Wildman–Crippen LogP) is 2.53. The number of pyridine rings is 1. The van der Waals surface area contributed by atoms with Gasteiger partial charge in [-0.25, -0.2) is 0 Å². The minimum atomic E-state index is 0.0363. The highest BCUT2D eigenvalue weighted by Crippen LogP contribution is 2.27. The number of hydrogen-bond donors (Lipinski definition) is 1. The first kappa shape index (κ1) is 13.3. The molecule has 3 atom stereocenters. The van der Waals surface area contributed by atoms with Crippen molar-refractivity contribution in [3.05, 3.63) is 40.6 Å². The van der Waals surface area contributed by atoms with Crippen LogP contribution >= 0.6 is 15.9 Å². The van der Waals surface area contributed by atoms with Crippen molar-refractivity contribution in [2.75, 3.05) is 19.6 Å². The number of fused-ring (bicyclic) bond motifs is 3. The van der Waals surface area contributed by atoms with Gasteiger partial charge in [-0.15, -0.1) is 0 Å². The summed E-state index contributed by atoms with van der Waals surface area (Å²) in [5, 5.41) is 3.20. The van der Waals surface area contributed by atoms with Crippen LogP contribution in [0.5, 0.6) is 0 Å². The first-order chi connectivity index (χ1) is 10.2. The van der Waals surface area contributed by atoms with Crippen LogP contribution in [0.4, 0.5) is 0 Å². The minimum Gasteiger partial charge on any atom is -0.348 e. The molecule has 0 aliphatic carbocycles. The molecule has 21 heavy (non-hydrogen) atoms. The summed E-state index contributed by atoms with van der Waals surface area (Å²) in [4.78, 5) is 14.9. The van der Waals surface area contributed by atoms with Crippen molar-refractivity contribution in [2.24, 2.45) is 5.92 Å². The number of nitrogens with one attached hydrogen (secondary N) is 1. The molecule has 4 rings (SSSR count). The van der Waals surface area contributed by atoms with E-state index in [2.05, 4.69) is 26.1 Å². The van der Waals surface area contributed by atoms with Gasteiger partial charge in [0.2, 0.25) is 0 Å². The molecule has 5 heteroatoms. The molecule has 2 fully saturated rings. The van der Waals surface area contributed by atoms with Gasteiger partial charge < -0.3 is 14.6 Å². The van der Waals surface area contributed by atoms with E-state index in [1.54, 1.807) is 0 Å². The number of halogens is 1. The third kappa shape index (κ3) is 2.49. The molecule has 0 saturated carbocycles. The van der Waals surface area contributed by atoms with Crippen LogP contribution in [0.3, 0.4) is 0 Å². The van der Waals surface area contributed by atoms with E-state index in [4.69, 9.17) is 0 Å². The highest BCUT2D eigenvalue weighted by atomic mass is 79.9. The Labute approximate surface area is 132 Å². The van der Waals surface area contributed by atoms with Crippen LogP contribution in [-0.4, -0.2) is 40.9 Å². The highest BCUT2D eigenvalue weighted by molar-refractivity contribution is 9.10. The molecule has 0 aromatic carbocycles. The van der Waals surface area contributed by atoms with Gasteiger partial charge in [0, 0.05) is 36.0 Å². The van der Waals surface area contributed by atoms with Crippen LogP contribution in [0.2, 0.25) is 0 Å². The van der Waals surface area contributed by atoms with Gasteiger partial charge in [-0.3, -0.25) is 4.79 Å². The molecular formula is C16H18BrN3O. The second-order valence-corrected chi connectivity index (χ2v) is 7.05. The summed E-state index contributed by atoms with van der Waals surface area (Å²) in [6.07, 6.45) is 6.27. The van der Waals surface area contributed by atoms with Crippen LogP contribution in [0.1, 0.15) is 23.2 Å². The zero-order valence-electron chi connectivity index (χ0n) is 11.8. The van der Waals surface area contributed by atoms with Crippen LogP contribution in [-0.2, 0) is 0 Å². The fourth-order valence-corrected chi connectivity index (χ4v) is 4.10. The molecular weight excluding hydrogens is 330 g/mol. The van der Waals surface area contributed by atoms with E-state index in [-0.39, 0.29) is 5.91 Å².